The summed E-state index contributed by atoms with van der Waals surface area (Å²) in [5, 5.41) is 6.78. The number of rotatable bonds is 8. The van der Waals surface area contributed by atoms with Gasteiger partial charge in [-0.15, -0.1) is 0 Å². The molecular weight excluding hydrogens is 374 g/mol. The van der Waals surface area contributed by atoms with Crippen LogP contribution in [0.4, 0.5) is 5.82 Å². The number of nitrogens with zero attached hydrogens (tertiary/aromatic N) is 2. The van der Waals surface area contributed by atoms with Crippen molar-refractivity contribution in [1.82, 2.24) is 10.1 Å². The Morgan fingerprint density at radius 2 is 2.11 bits per heavy atom. The lowest BCUT2D eigenvalue weighted by molar-refractivity contribution is -0.138. The number of anilines is 1. The van der Waals surface area contributed by atoms with Gasteiger partial charge in [-0.05, 0) is 37.1 Å². The molecule has 1 unspecified atom stereocenters. The Morgan fingerprint density at radius 1 is 1.30 bits per heavy atom. The Labute approximate surface area is 161 Å². The van der Waals surface area contributed by atoms with Crippen LogP contribution in [0.3, 0.4) is 0 Å². The van der Waals surface area contributed by atoms with Crippen LogP contribution in [-0.4, -0.2) is 54.3 Å². The molecule has 2 aromatic rings. The summed E-state index contributed by atoms with van der Waals surface area (Å²) in [7, 11) is 0. The largest absolute Gasteiger partial charge is 0.484 e. The minimum atomic E-state index is -0.373. The zero-order chi connectivity index (χ0) is 19.1. The quantitative estimate of drug-likeness (QED) is 0.739. The predicted molar refractivity (Wildman–Crippen MR) is 97.6 cm³/mol. The van der Waals surface area contributed by atoms with E-state index in [0.717, 1.165) is 12.8 Å². The molecule has 8 nitrogen and oxygen atoms in total. The fourth-order valence-corrected chi connectivity index (χ4v) is 2.81. The number of hydrogen-bond donors (Lipinski definition) is 1. The molecule has 2 heterocycles. The Bertz CT molecular complexity index is 745. The number of amides is 2. The molecule has 0 bridgehead atoms. The van der Waals surface area contributed by atoms with Gasteiger partial charge in [0.25, 0.3) is 5.91 Å². The first-order valence-corrected chi connectivity index (χ1v) is 8.96. The molecule has 1 atom stereocenters. The van der Waals surface area contributed by atoms with Gasteiger partial charge in [0.2, 0.25) is 5.91 Å². The van der Waals surface area contributed by atoms with E-state index in [-0.39, 0.29) is 31.1 Å². The average Bonchev–Trinajstić information content (AvgIpc) is 3.34. The van der Waals surface area contributed by atoms with E-state index >= 15 is 0 Å². The zero-order valence-corrected chi connectivity index (χ0v) is 15.4. The molecule has 1 aromatic carbocycles. The van der Waals surface area contributed by atoms with Gasteiger partial charge >= 0.3 is 0 Å². The highest BCUT2D eigenvalue weighted by molar-refractivity contribution is 6.30. The first-order chi connectivity index (χ1) is 13.1. The summed E-state index contributed by atoms with van der Waals surface area (Å²) in [6.45, 7) is 0.676. The lowest BCUT2D eigenvalue weighted by Gasteiger charge is -2.24. The van der Waals surface area contributed by atoms with E-state index in [1.165, 1.54) is 17.2 Å². The minimum absolute atomic E-state index is 0.0793. The summed E-state index contributed by atoms with van der Waals surface area (Å²) in [5.74, 6) is 0.135. The Morgan fingerprint density at radius 3 is 2.78 bits per heavy atom. The number of carbonyl (C=O) groups is 2. The van der Waals surface area contributed by atoms with Gasteiger partial charge in [-0.3, -0.25) is 9.59 Å². The van der Waals surface area contributed by atoms with Crippen molar-refractivity contribution >= 4 is 29.2 Å². The van der Waals surface area contributed by atoms with Crippen molar-refractivity contribution in [2.45, 2.75) is 18.9 Å². The third kappa shape index (κ3) is 5.97. The van der Waals surface area contributed by atoms with Gasteiger partial charge in [-0.1, -0.05) is 16.8 Å². The molecule has 1 fully saturated rings. The van der Waals surface area contributed by atoms with E-state index in [1.807, 2.05) is 0 Å². The van der Waals surface area contributed by atoms with E-state index in [0.29, 0.717) is 29.7 Å². The molecule has 0 spiro atoms. The molecule has 1 aliphatic heterocycles. The SMILES string of the molecule is O=C(CN(CC1CCCO1)C(=O)COc1ccc(Cl)cc1)Nc1ccon1. The van der Waals surface area contributed by atoms with Crippen molar-refractivity contribution < 1.29 is 23.6 Å². The predicted octanol–water partition coefficient (Wildman–Crippen LogP) is 2.35. The summed E-state index contributed by atoms with van der Waals surface area (Å²) in [6, 6.07) is 8.23. The van der Waals surface area contributed by atoms with Crippen LogP contribution < -0.4 is 10.1 Å². The van der Waals surface area contributed by atoms with E-state index in [2.05, 4.69) is 15.0 Å². The summed E-state index contributed by atoms with van der Waals surface area (Å²) in [4.78, 5) is 26.3. The van der Waals surface area contributed by atoms with Gasteiger partial charge < -0.3 is 24.2 Å². The molecule has 1 N–H and O–H groups in total. The van der Waals surface area contributed by atoms with Gasteiger partial charge in [-0.2, -0.15) is 0 Å². The average molecular weight is 394 g/mol. The number of ether oxygens (including phenoxy) is 2. The number of carbonyl (C=O) groups excluding carboxylic acids is 2. The maximum atomic E-state index is 12.6. The number of halogens is 1. The fraction of sp³-hybridized carbons (Fsp3) is 0.389. The topological polar surface area (TPSA) is 93.9 Å². The molecule has 144 valence electrons. The first-order valence-electron chi connectivity index (χ1n) is 8.58. The summed E-state index contributed by atoms with van der Waals surface area (Å²) >= 11 is 5.83. The van der Waals surface area contributed by atoms with Crippen LogP contribution in [0.5, 0.6) is 5.75 Å². The smallest absolute Gasteiger partial charge is 0.261 e. The highest BCUT2D eigenvalue weighted by Crippen LogP contribution is 2.16. The van der Waals surface area contributed by atoms with Crippen LogP contribution in [0.15, 0.2) is 41.1 Å². The molecule has 1 aliphatic rings. The van der Waals surface area contributed by atoms with E-state index in [4.69, 9.17) is 21.1 Å². The van der Waals surface area contributed by atoms with Crippen LogP contribution in [0.1, 0.15) is 12.8 Å². The highest BCUT2D eigenvalue weighted by Gasteiger charge is 2.25. The Hall–Kier alpha value is -2.58. The molecule has 3 rings (SSSR count). The Kier molecular flexibility index (Phi) is 6.67. The van der Waals surface area contributed by atoms with Crippen LogP contribution in [0.25, 0.3) is 0 Å². The zero-order valence-electron chi connectivity index (χ0n) is 14.6. The third-order valence-electron chi connectivity index (χ3n) is 4.02. The van der Waals surface area contributed by atoms with Crippen LogP contribution in [-0.2, 0) is 14.3 Å². The number of hydrogen-bond acceptors (Lipinski definition) is 6. The van der Waals surface area contributed by atoms with Gasteiger partial charge in [-0.25, -0.2) is 0 Å². The lowest BCUT2D eigenvalue weighted by atomic mass is 10.2. The summed E-state index contributed by atoms with van der Waals surface area (Å²) < 4.78 is 15.8. The van der Waals surface area contributed by atoms with E-state index in [9.17, 15) is 9.59 Å². The van der Waals surface area contributed by atoms with Crippen LogP contribution in [0, 0.1) is 0 Å². The Balaban J connectivity index is 1.58. The van der Waals surface area contributed by atoms with E-state index < -0.39 is 0 Å². The van der Waals surface area contributed by atoms with Crippen LogP contribution >= 0.6 is 11.6 Å². The fourth-order valence-electron chi connectivity index (χ4n) is 2.69. The van der Waals surface area contributed by atoms with Crippen molar-refractivity contribution in [3.05, 3.63) is 41.6 Å². The molecule has 0 radical (unpaired) electrons. The van der Waals surface area contributed by atoms with Crippen molar-refractivity contribution in [2.75, 3.05) is 31.6 Å². The van der Waals surface area contributed by atoms with Crippen LogP contribution in [0.2, 0.25) is 5.02 Å². The monoisotopic (exact) mass is 393 g/mol. The van der Waals surface area contributed by atoms with Gasteiger partial charge in [0.1, 0.15) is 18.6 Å². The van der Waals surface area contributed by atoms with E-state index in [1.54, 1.807) is 24.3 Å². The first kappa shape index (κ1) is 19.2. The normalized spacial score (nSPS) is 16.1. The maximum absolute atomic E-state index is 12.6. The molecule has 2 amide bonds. The standard InChI is InChI=1S/C18H20ClN3O5/c19-13-3-5-14(6-4-13)26-12-18(24)22(10-15-2-1-8-25-15)11-17(23)20-16-7-9-27-21-16/h3-7,9,15H,1-2,8,10-12H2,(H,20,21,23). The van der Waals surface area contributed by atoms with Gasteiger partial charge in [0.15, 0.2) is 12.4 Å². The maximum Gasteiger partial charge on any atom is 0.261 e. The highest BCUT2D eigenvalue weighted by atomic mass is 35.5. The molecule has 0 saturated carbocycles. The molecule has 9 heteroatoms. The molecule has 0 aliphatic carbocycles. The van der Waals surface area contributed by atoms with Gasteiger partial charge in [0.05, 0.1) is 6.10 Å². The van der Waals surface area contributed by atoms with Gasteiger partial charge in [0, 0.05) is 24.2 Å². The van der Waals surface area contributed by atoms with Crippen molar-refractivity contribution in [3.63, 3.8) is 0 Å². The number of nitrogens with one attached hydrogen (secondary N) is 1. The molecule has 1 aromatic heterocycles. The van der Waals surface area contributed by atoms with Crippen molar-refractivity contribution in [3.8, 4) is 5.75 Å². The third-order valence-corrected chi connectivity index (χ3v) is 4.27. The minimum Gasteiger partial charge on any atom is -0.484 e. The lowest BCUT2D eigenvalue weighted by Crippen LogP contribution is -2.44. The second-order valence-corrected chi connectivity index (χ2v) is 6.52. The number of benzene rings is 1. The van der Waals surface area contributed by atoms with Crippen molar-refractivity contribution in [2.24, 2.45) is 0 Å². The second-order valence-electron chi connectivity index (χ2n) is 6.08. The summed E-state index contributed by atoms with van der Waals surface area (Å²) in [6.07, 6.45) is 3.07. The molecule has 27 heavy (non-hydrogen) atoms. The summed E-state index contributed by atoms with van der Waals surface area (Å²) in [5.41, 5.74) is 0. The second kappa shape index (κ2) is 9.38. The number of aromatic nitrogens is 1. The molecule has 1 saturated heterocycles. The van der Waals surface area contributed by atoms with Crippen molar-refractivity contribution in [1.29, 1.82) is 0 Å². The molecular formula is C18H20ClN3O5.